The van der Waals surface area contributed by atoms with Gasteiger partial charge < -0.3 is 10.4 Å². The summed E-state index contributed by atoms with van der Waals surface area (Å²) in [6.45, 7) is 6.82. The van der Waals surface area contributed by atoms with Gasteiger partial charge in [-0.15, -0.1) is 0 Å². The Morgan fingerprint density at radius 2 is 1.62 bits per heavy atom. The minimum atomic E-state index is -1.17. The fourth-order valence-electron chi connectivity index (χ4n) is 1.84. The van der Waals surface area contributed by atoms with Gasteiger partial charge in [-0.05, 0) is 26.7 Å². The third kappa shape index (κ3) is 7.48. The van der Waals surface area contributed by atoms with Crippen LogP contribution in [0.25, 0.3) is 0 Å². The third-order valence-electron chi connectivity index (χ3n) is 3.33. The van der Waals surface area contributed by atoms with Crippen LogP contribution in [0.15, 0.2) is 11.1 Å². The van der Waals surface area contributed by atoms with Gasteiger partial charge in [-0.25, -0.2) is 9.59 Å². The summed E-state index contributed by atoms with van der Waals surface area (Å²) in [5.41, 5.74) is -0.0466. The molecule has 120 valence electrons. The van der Waals surface area contributed by atoms with Gasteiger partial charge in [0, 0.05) is 17.2 Å². The molecule has 0 fully saturated rings. The molecule has 0 aliphatic rings. The van der Waals surface area contributed by atoms with Crippen LogP contribution >= 0.6 is 0 Å². The Kier molecular flexibility index (Phi) is 9.08. The van der Waals surface area contributed by atoms with E-state index < -0.39 is 17.9 Å². The van der Waals surface area contributed by atoms with Crippen LogP contribution in [0.1, 0.15) is 59.8 Å². The van der Waals surface area contributed by atoms with Gasteiger partial charge in [-0.2, -0.15) is 0 Å². The van der Waals surface area contributed by atoms with Crippen LogP contribution in [-0.2, 0) is 9.59 Å². The van der Waals surface area contributed by atoms with Crippen LogP contribution < -0.4 is 10.6 Å². The Balaban J connectivity index is 4.56. The summed E-state index contributed by atoms with van der Waals surface area (Å²) in [6, 6.07) is -0.542. The fourth-order valence-corrected chi connectivity index (χ4v) is 1.84. The summed E-state index contributed by atoms with van der Waals surface area (Å²) in [4.78, 5) is 34.3. The molecule has 1 unspecified atom stereocenters. The third-order valence-corrected chi connectivity index (χ3v) is 3.33. The van der Waals surface area contributed by atoms with Gasteiger partial charge in [0.25, 0.3) is 5.91 Å². The molecule has 0 aromatic carbocycles. The van der Waals surface area contributed by atoms with Crippen molar-refractivity contribution < 1.29 is 19.5 Å². The molecule has 3 N–H and O–H groups in total. The zero-order valence-electron chi connectivity index (χ0n) is 13.3. The maximum absolute atomic E-state index is 11.8. The number of amides is 3. The van der Waals surface area contributed by atoms with E-state index in [1.54, 1.807) is 0 Å². The maximum Gasteiger partial charge on any atom is 0.331 e. The summed E-state index contributed by atoms with van der Waals surface area (Å²) < 4.78 is 0. The van der Waals surface area contributed by atoms with Crippen molar-refractivity contribution in [2.75, 3.05) is 0 Å². The van der Waals surface area contributed by atoms with Gasteiger partial charge in [0.1, 0.15) is 0 Å². The van der Waals surface area contributed by atoms with E-state index in [1.807, 2.05) is 6.92 Å². The lowest BCUT2D eigenvalue weighted by Crippen LogP contribution is -2.45. The molecular formula is C15H26N2O4. The molecule has 6 heteroatoms. The number of aliphatic carboxylic acids is 1. The Morgan fingerprint density at radius 1 is 1.00 bits per heavy atom. The smallest absolute Gasteiger partial charge is 0.331 e. The summed E-state index contributed by atoms with van der Waals surface area (Å²) in [5, 5.41) is 13.7. The first-order chi connectivity index (χ1) is 9.83. The lowest BCUT2D eigenvalue weighted by Gasteiger charge is -2.18. The van der Waals surface area contributed by atoms with E-state index in [-0.39, 0.29) is 17.2 Å². The molecule has 0 aromatic rings. The lowest BCUT2D eigenvalue weighted by atomic mass is 10.1. The zero-order valence-corrected chi connectivity index (χ0v) is 13.3. The zero-order chi connectivity index (χ0) is 16.4. The minimum Gasteiger partial charge on any atom is -0.478 e. The predicted molar refractivity (Wildman–Crippen MR) is 80.9 cm³/mol. The van der Waals surface area contributed by atoms with Gasteiger partial charge >= 0.3 is 12.0 Å². The molecule has 0 spiro atoms. The van der Waals surface area contributed by atoms with Crippen LogP contribution in [0.3, 0.4) is 0 Å². The summed E-state index contributed by atoms with van der Waals surface area (Å²) in [7, 11) is 0. The molecule has 0 aliphatic heterocycles. The number of carboxylic acid groups (broad SMARTS) is 1. The number of unbranched alkanes of at least 4 members (excludes halogenated alkanes) is 1. The first-order valence-electron chi connectivity index (χ1n) is 7.36. The second-order valence-corrected chi connectivity index (χ2v) is 5.11. The first kappa shape index (κ1) is 19.1. The number of urea groups is 1. The van der Waals surface area contributed by atoms with E-state index in [9.17, 15) is 14.4 Å². The highest BCUT2D eigenvalue weighted by Crippen LogP contribution is 2.07. The van der Waals surface area contributed by atoms with Crippen molar-refractivity contribution in [2.45, 2.75) is 65.8 Å². The largest absolute Gasteiger partial charge is 0.478 e. The number of carbonyl (C=O) groups is 3. The normalized spacial score (nSPS) is 13.1. The Labute approximate surface area is 126 Å². The van der Waals surface area contributed by atoms with Gasteiger partial charge in [0.05, 0.1) is 0 Å². The molecule has 3 amide bonds. The number of carboxylic acids is 1. The van der Waals surface area contributed by atoms with Gasteiger partial charge in [-0.1, -0.05) is 33.1 Å². The number of carbonyl (C=O) groups excluding carboxylic acids is 2. The average molecular weight is 298 g/mol. The van der Waals surface area contributed by atoms with Gasteiger partial charge in [0.15, 0.2) is 0 Å². The highest BCUT2D eigenvalue weighted by atomic mass is 16.4. The number of hydrogen-bond acceptors (Lipinski definition) is 3. The molecule has 0 saturated heterocycles. The number of hydrogen-bond donors (Lipinski definition) is 3. The van der Waals surface area contributed by atoms with Crippen molar-refractivity contribution in [3.63, 3.8) is 0 Å². The minimum absolute atomic E-state index is 0.0262. The van der Waals surface area contributed by atoms with Crippen molar-refractivity contribution in [3.05, 3.63) is 11.1 Å². The van der Waals surface area contributed by atoms with Gasteiger partial charge in [-0.3, -0.25) is 10.1 Å². The standard InChI is InChI=1S/C15H26N2O4/c1-5-7-9-12(8-6-2)16-15(21)17-13(18)10(3)11(4)14(19)20/h12H,5-9H2,1-4H3,(H,19,20)(H2,16,17,18,21). The van der Waals surface area contributed by atoms with Crippen molar-refractivity contribution in [2.24, 2.45) is 0 Å². The fraction of sp³-hybridized carbons (Fsp3) is 0.667. The monoisotopic (exact) mass is 298 g/mol. The number of imide groups is 1. The Morgan fingerprint density at radius 3 is 2.10 bits per heavy atom. The van der Waals surface area contributed by atoms with E-state index in [2.05, 4.69) is 17.6 Å². The first-order valence-corrected chi connectivity index (χ1v) is 7.36. The van der Waals surface area contributed by atoms with Crippen molar-refractivity contribution in [1.82, 2.24) is 10.6 Å². The molecule has 0 radical (unpaired) electrons. The quantitative estimate of drug-likeness (QED) is 0.600. The molecule has 0 heterocycles. The molecule has 1 atom stereocenters. The van der Waals surface area contributed by atoms with E-state index in [0.29, 0.717) is 0 Å². The van der Waals surface area contributed by atoms with Crippen LogP contribution in [0.4, 0.5) is 4.79 Å². The predicted octanol–water partition coefficient (Wildman–Crippen LogP) is 2.59. The van der Waals surface area contributed by atoms with Crippen molar-refractivity contribution >= 4 is 17.9 Å². The molecule has 0 aliphatic carbocycles. The Bertz CT molecular complexity index is 416. The van der Waals surface area contributed by atoms with Crippen LogP contribution in [0, 0.1) is 0 Å². The highest BCUT2D eigenvalue weighted by molar-refractivity contribution is 6.07. The highest BCUT2D eigenvalue weighted by Gasteiger charge is 2.17. The molecule has 21 heavy (non-hydrogen) atoms. The summed E-state index contributed by atoms with van der Waals surface area (Å²) in [5.74, 6) is -1.85. The topological polar surface area (TPSA) is 95.5 Å². The molecule has 6 nitrogen and oxygen atoms in total. The Hall–Kier alpha value is -1.85. The lowest BCUT2D eigenvalue weighted by molar-refractivity contribution is -0.133. The van der Waals surface area contributed by atoms with Crippen molar-refractivity contribution in [1.29, 1.82) is 0 Å². The molecule has 0 rings (SSSR count). The maximum atomic E-state index is 11.8. The average Bonchev–Trinajstić information content (AvgIpc) is 2.42. The van der Waals surface area contributed by atoms with Crippen molar-refractivity contribution in [3.8, 4) is 0 Å². The molecular weight excluding hydrogens is 272 g/mol. The van der Waals surface area contributed by atoms with Crippen LogP contribution in [-0.4, -0.2) is 29.1 Å². The second-order valence-electron chi connectivity index (χ2n) is 5.11. The van der Waals surface area contributed by atoms with E-state index >= 15 is 0 Å². The number of rotatable bonds is 8. The number of nitrogens with one attached hydrogen (secondary N) is 2. The molecule has 0 bridgehead atoms. The molecule has 0 saturated carbocycles. The van der Waals surface area contributed by atoms with E-state index in [0.717, 1.165) is 32.1 Å². The summed E-state index contributed by atoms with van der Waals surface area (Å²) in [6.07, 6.45) is 4.72. The molecule has 0 aromatic heterocycles. The SMILES string of the molecule is CCCCC(CCC)NC(=O)NC(=O)C(C)=C(C)C(=O)O. The van der Waals surface area contributed by atoms with Crippen LogP contribution in [0.2, 0.25) is 0 Å². The second kappa shape index (κ2) is 9.96. The van der Waals surface area contributed by atoms with E-state index in [1.165, 1.54) is 13.8 Å². The summed E-state index contributed by atoms with van der Waals surface area (Å²) >= 11 is 0. The van der Waals surface area contributed by atoms with Gasteiger partial charge in [0.2, 0.25) is 0 Å². The van der Waals surface area contributed by atoms with Crippen LogP contribution in [0.5, 0.6) is 0 Å². The van der Waals surface area contributed by atoms with E-state index in [4.69, 9.17) is 5.11 Å².